The molecule has 0 aliphatic rings. The Bertz CT molecular complexity index is 1370. The summed E-state index contributed by atoms with van der Waals surface area (Å²) < 4.78 is 26.5. The minimum absolute atomic E-state index is 0.142. The summed E-state index contributed by atoms with van der Waals surface area (Å²) >= 11 is 7.28. The molecule has 0 saturated heterocycles. The van der Waals surface area contributed by atoms with E-state index in [-0.39, 0.29) is 29.5 Å². The number of rotatable bonds is 8. The van der Waals surface area contributed by atoms with Crippen molar-refractivity contribution >= 4 is 54.0 Å². The SMILES string of the molecule is CCc1ccc2nc(N(Cc3ccccn3)C(=O)CCS(=O)(=O)c3ccc(Cl)cc3)sc2c1. The Kier molecular flexibility index (Phi) is 7.07. The summed E-state index contributed by atoms with van der Waals surface area (Å²) in [6, 6.07) is 17.5. The van der Waals surface area contributed by atoms with E-state index in [0.29, 0.717) is 15.8 Å². The van der Waals surface area contributed by atoms with Crippen molar-refractivity contribution in [1.82, 2.24) is 9.97 Å². The molecular weight excluding hydrogens is 478 g/mol. The molecule has 170 valence electrons. The van der Waals surface area contributed by atoms with Gasteiger partial charge in [0.2, 0.25) is 5.91 Å². The first-order chi connectivity index (χ1) is 15.9. The Labute approximate surface area is 201 Å². The molecule has 4 aromatic rings. The molecule has 33 heavy (non-hydrogen) atoms. The van der Waals surface area contributed by atoms with E-state index in [1.807, 2.05) is 24.3 Å². The minimum atomic E-state index is -3.63. The Morgan fingerprint density at radius 2 is 1.88 bits per heavy atom. The van der Waals surface area contributed by atoms with Gasteiger partial charge < -0.3 is 0 Å². The molecule has 0 radical (unpaired) electrons. The molecule has 0 aliphatic carbocycles. The number of halogens is 1. The zero-order chi connectivity index (χ0) is 23.4. The Balaban J connectivity index is 1.60. The van der Waals surface area contributed by atoms with Gasteiger partial charge in [-0.05, 0) is 60.5 Å². The van der Waals surface area contributed by atoms with Crippen LogP contribution in [0.3, 0.4) is 0 Å². The monoisotopic (exact) mass is 499 g/mol. The molecule has 0 unspecified atom stereocenters. The fraction of sp³-hybridized carbons (Fsp3) is 0.208. The summed E-state index contributed by atoms with van der Waals surface area (Å²) in [5, 5.41) is 0.978. The lowest BCUT2D eigenvalue weighted by Crippen LogP contribution is -2.32. The average molecular weight is 500 g/mol. The smallest absolute Gasteiger partial charge is 0.230 e. The van der Waals surface area contributed by atoms with E-state index in [2.05, 4.69) is 23.0 Å². The van der Waals surface area contributed by atoms with E-state index in [9.17, 15) is 13.2 Å². The molecular formula is C24H22ClN3O3S2. The van der Waals surface area contributed by atoms with Gasteiger partial charge in [-0.3, -0.25) is 14.7 Å². The van der Waals surface area contributed by atoms with Crippen molar-refractivity contribution in [3.63, 3.8) is 0 Å². The molecule has 2 heterocycles. The van der Waals surface area contributed by atoms with Gasteiger partial charge in [-0.2, -0.15) is 0 Å². The molecule has 0 fully saturated rings. The molecule has 0 bridgehead atoms. The maximum atomic E-state index is 13.3. The summed E-state index contributed by atoms with van der Waals surface area (Å²) in [6.07, 6.45) is 2.39. The maximum Gasteiger partial charge on any atom is 0.230 e. The van der Waals surface area contributed by atoms with Crippen LogP contribution in [0.15, 0.2) is 71.8 Å². The summed E-state index contributed by atoms with van der Waals surface area (Å²) in [5.74, 6) is -0.634. The quantitative estimate of drug-likeness (QED) is 0.328. The van der Waals surface area contributed by atoms with Gasteiger partial charge in [-0.15, -0.1) is 0 Å². The average Bonchev–Trinajstić information content (AvgIpc) is 3.25. The van der Waals surface area contributed by atoms with Gasteiger partial charge in [0.25, 0.3) is 0 Å². The molecule has 6 nitrogen and oxygen atoms in total. The van der Waals surface area contributed by atoms with Gasteiger partial charge in [0, 0.05) is 17.6 Å². The van der Waals surface area contributed by atoms with Crippen molar-refractivity contribution < 1.29 is 13.2 Å². The van der Waals surface area contributed by atoms with E-state index in [1.165, 1.54) is 46.1 Å². The van der Waals surface area contributed by atoms with Gasteiger partial charge in [-0.25, -0.2) is 13.4 Å². The molecule has 9 heteroatoms. The third kappa shape index (κ3) is 5.58. The normalized spacial score (nSPS) is 11.6. The first-order valence-corrected chi connectivity index (χ1v) is 13.3. The molecule has 0 atom stereocenters. The predicted octanol–water partition coefficient (Wildman–Crippen LogP) is 5.30. The second-order valence-electron chi connectivity index (χ2n) is 7.48. The first kappa shape index (κ1) is 23.4. The first-order valence-electron chi connectivity index (χ1n) is 10.4. The third-order valence-corrected chi connectivity index (χ3v) is 8.21. The van der Waals surface area contributed by atoms with Crippen molar-refractivity contribution in [2.45, 2.75) is 31.2 Å². The number of nitrogens with zero attached hydrogens (tertiary/aromatic N) is 3. The number of fused-ring (bicyclic) bond motifs is 1. The van der Waals surface area contributed by atoms with E-state index in [0.717, 1.165) is 16.6 Å². The van der Waals surface area contributed by atoms with Crippen molar-refractivity contribution in [2.24, 2.45) is 0 Å². The number of carbonyl (C=O) groups excluding carboxylic acids is 1. The lowest BCUT2D eigenvalue weighted by molar-refractivity contribution is -0.118. The van der Waals surface area contributed by atoms with Crippen LogP contribution < -0.4 is 4.90 Å². The van der Waals surface area contributed by atoms with Crippen molar-refractivity contribution in [3.05, 3.63) is 83.1 Å². The predicted molar refractivity (Wildman–Crippen MR) is 133 cm³/mol. The molecule has 2 aromatic heterocycles. The van der Waals surface area contributed by atoms with Crippen LogP contribution in [-0.2, 0) is 27.6 Å². The molecule has 1 amide bonds. The lowest BCUT2D eigenvalue weighted by Gasteiger charge is -2.19. The summed E-state index contributed by atoms with van der Waals surface area (Å²) in [5.41, 5.74) is 2.69. The molecule has 0 spiro atoms. The number of hydrogen-bond donors (Lipinski definition) is 0. The molecule has 4 rings (SSSR count). The van der Waals surface area contributed by atoms with Crippen LogP contribution >= 0.6 is 22.9 Å². The number of anilines is 1. The second kappa shape index (κ2) is 9.99. The topological polar surface area (TPSA) is 80.2 Å². The highest BCUT2D eigenvalue weighted by Crippen LogP contribution is 2.31. The number of hydrogen-bond acceptors (Lipinski definition) is 6. The number of carbonyl (C=O) groups is 1. The van der Waals surface area contributed by atoms with Gasteiger partial charge in [0.15, 0.2) is 15.0 Å². The Morgan fingerprint density at radius 3 is 2.58 bits per heavy atom. The zero-order valence-corrected chi connectivity index (χ0v) is 20.3. The Hall–Kier alpha value is -2.81. The largest absolute Gasteiger partial charge is 0.282 e. The van der Waals surface area contributed by atoms with E-state index < -0.39 is 9.84 Å². The highest BCUT2D eigenvalue weighted by molar-refractivity contribution is 7.91. The lowest BCUT2D eigenvalue weighted by atomic mass is 10.2. The fourth-order valence-corrected chi connectivity index (χ4v) is 5.73. The van der Waals surface area contributed by atoms with Crippen molar-refractivity contribution in [3.8, 4) is 0 Å². The van der Waals surface area contributed by atoms with Crippen molar-refractivity contribution in [2.75, 3.05) is 10.7 Å². The number of aryl methyl sites for hydroxylation is 1. The van der Waals surface area contributed by atoms with Gasteiger partial charge in [0.1, 0.15) is 0 Å². The van der Waals surface area contributed by atoms with Crippen LogP contribution in [0, 0.1) is 0 Å². The Morgan fingerprint density at radius 1 is 1.09 bits per heavy atom. The number of amides is 1. The maximum absolute atomic E-state index is 13.3. The standard InChI is InChI=1S/C24H22ClN3O3S2/c1-2-17-6-11-21-22(15-17)32-24(27-21)28(16-19-5-3-4-13-26-19)23(29)12-14-33(30,31)20-9-7-18(25)8-10-20/h3-11,13,15H,2,12,14,16H2,1H3. The number of aromatic nitrogens is 2. The second-order valence-corrected chi connectivity index (χ2v) is 11.0. The van der Waals surface area contributed by atoms with Crippen LogP contribution in [0.1, 0.15) is 24.6 Å². The molecule has 2 aromatic carbocycles. The molecule has 0 N–H and O–H groups in total. The minimum Gasteiger partial charge on any atom is -0.282 e. The highest BCUT2D eigenvalue weighted by Gasteiger charge is 2.24. The van der Waals surface area contributed by atoms with E-state index >= 15 is 0 Å². The van der Waals surface area contributed by atoms with Crippen molar-refractivity contribution in [1.29, 1.82) is 0 Å². The van der Waals surface area contributed by atoms with Crippen LogP contribution in [-0.4, -0.2) is 30.0 Å². The van der Waals surface area contributed by atoms with Gasteiger partial charge in [-0.1, -0.05) is 42.0 Å². The number of pyridine rings is 1. The fourth-order valence-electron chi connectivity index (χ4n) is 3.32. The van der Waals surface area contributed by atoms with Gasteiger partial charge in [0.05, 0.1) is 33.1 Å². The third-order valence-electron chi connectivity index (χ3n) is 5.19. The number of benzene rings is 2. The zero-order valence-electron chi connectivity index (χ0n) is 17.9. The molecule has 0 aliphatic heterocycles. The van der Waals surface area contributed by atoms with Crippen LogP contribution in [0.5, 0.6) is 0 Å². The number of thiazole rings is 1. The molecule has 0 saturated carbocycles. The van der Waals surface area contributed by atoms with Gasteiger partial charge >= 0.3 is 0 Å². The highest BCUT2D eigenvalue weighted by atomic mass is 35.5. The van der Waals surface area contributed by atoms with Crippen LogP contribution in [0.25, 0.3) is 10.2 Å². The van der Waals surface area contributed by atoms with E-state index in [1.54, 1.807) is 12.3 Å². The van der Waals surface area contributed by atoms with E-state index in [4.69, 9.17) is 11.6 Å². The summed E-state index contributed by atoms with van der Waals surface area (Å²) in [7, 11) is -3.63. The van der Waals surface area contributed by atoms with Crippen LogP contribution in [0.2, 0.25) is 5.02 Å². The van der Waals surface area contributed by atoms with Crippen LogP contribution in [0.4, 0.5) is 5.13 Å². The number of sulfone groups is 1. The summed E-state index contributed by atoms with van der Waals surface area (Å²) in [4.78, 5) is 23.9. The summed E-state index contributed by atoms with van der Waals surface area (Å²) in [6.45, 7) is 2.29.